The second-order valence-electron chi connectivity index (χ2n) is 6.44. The molecule has 28 heavy (non-hydrogen) atoms. The van der Waals surface area contributed by atoms with Crippen molar-refractivity contribution in [1.82, 2.24) is 19.9 Å². The molecule has 8 heteroatoms. The summed E-state index contributed by atoms with van der Waals surface area (Å²) in [5, 5.41) is 10.2. The van der Waals surface area contributed by atoms with Crippen LogP contribution in [0.2, 0.25) is 0 Å². The number of nitrogens with zero attached hydrogens (tertiary/aromatic N) is 3. The summed E-state index contributed by atoms with van der Waals surface area (Å²) in [6, 6.07) is 8.06. The number of aromatic nitrogens is 3. The topological polar surface area (TPSA) is 108 Å². The summed E-state index contributed by atoms with van der Waals surface area (Å²) in [4.78, 5) is 38.2. The highest BCUT2D eigenvalue weighted by Gasteiger charge is 2.26. The summed E-state index contributed by atoms with van der Waals surface area (Å²) in [6.45, 7) is 0.568. The van der Waals surface area contributed by atoms with E-state index in [4.69, 9.17) is 4.74 Å². The Labute approximate surface area is 160 Å². The molecule has 0 saturated carbocycles. The molecule has 142 valence electrons. The van der Waals surface area contributed by atoms with Gasteiger partial charge in [0.2, 0.25) is 0 Å². The first-order valence-electron chi connectivity index (χ1n) is 8.75. The van der Waals surface area contributed by atoms with Crippen LogP contribution in [0.4, 0.5) is 0 Å². The minimum absolute atomic E-state index is 0.147. The van der Waals surface area contributed by atoms with E-state index >= 15 is 0 Å². The summed E-state index contributed by atoms with van der Waals surface area (Å²) < 4.78 is 5.05. The number of nitrogens with one attached hydrogen (secondary N) is 1. The zero-order valence-corrected chi connectivity index (χ0v) is 15.2. The lowest BCUT2D eigenvalue weighted by Gasteiger charge is -2.28. The molecule has 1 aliphatic heterocycles. The number of methoxy groups -OCH3 is 1. The van der Waals surface area contributed by atoms with Gasteiger partial charge >= 0.3 is 0 Å². The van der Waals surface area contributed by atoms with Gasteiger partial charge in [0.1, 0.15) is 17.3 Å². The van der Waals surface area contributed by atoms with Crippen molar-refractivity contribution in [3.63, 3.8) is 0 Å². The Balaban J connectivity index is 1.65. The van der Waals surface area contributed by atoms with Gasteiger partial charge in [0.15, 0.2) is 0 Å². The zero-order chi connectivity index (χ0) is 19.7. The molecule has 1 aliphatic rings. The number of H-pyrrole nitrogens is 1. The maximum absolute atomic E-state index is 12.9. The van der Waals surface area contributed by atoms with Gasteiger partial charge in [-0.15, -0.1) is 0 Å². The molecule has 0 aliphatic carbocycles. The lowest BCUT2D eigenvalue weighted by atomic mass is 10.0. The van der Waals surface area contributed by atoms with Crippen LogP contribution < -0.4 is 10.3 Å². The number of hydrogen-bond donors (Lipinski definition) is 2. The van der Waals surface area contributed by atoms with E-state index in [1.54, 1.807) is 35.5 Å². The van der Waals surface area contributed by atoms with E-state index in [2.05, 4.69) is 15.0 Å². The first-order chi connectivity index (χ1) is 13.6. The highest BCUT2D eigenvalue weighted by atomic mass is 16.5. The van der Waals surface area contributed by atoms with E-state index < -0.39 is 0 Å². The number of phenols is 1. The first kappa shape index (κ1) is 17.7. The van der Waals surface area contributed by atoms with E-state index in [9.17, 15) is 14.7 Å². The van der Waals surface area contributed by atoms with Crippen LogP contribution in [0.1, 0.15) is 21.6 Å². The van der Waals surface area contributed by atoms with E-state index in [0.717, 1.165) is 5.56 Å². The smallest absolute Gasteiger partial charge is 0.257 e. The molecule has 0 atom stereocenters. The maximum Gasteiger partial charge on any atom is 0.257 e. The number of carbonyl (C=O) groups is 1. The van der Waals surface area contributed by atoms with Crippen LogP contribution in [0.3, 0.4) is 0 Å². The first-order valence-corrected chi connectivity index (χ1v) is 8.75. The number of pyridine rings is 1. The SMILES string of the molecule is COc1ccc(C(=O)N2CCc3c(nc(-c4ccncc4)[nH]c3=O)C2)c(O)c1. The number of ether oxygens (including phenoxy) is 1. The zero-order valence-electron chi connectivity index (χ0n) is 15.2. The van der Waals surface area contributed by atoms with Crippen molar-refractivity contribution in [2.24, 2.45) is 0 Å². The number of hydrogen-bond acceptors (Lipinski definition) is 6. The molecule has 4 rings (SSSR count). The third-order valence-electron chi connectivity index (χ3n) is 4.75. The van der Waals surface area contributed by atoms with Gasteiger partial charge in [-0.3, -0.25) is 14.6 Å². The summed E-state index contributed by atoms with van der Waals surface area (Å²) in [7, 11) is 1.49. The van der Waals surface area contributed by atoms with Gasteiger partial charge in [-0.1, -0.05) is 0 Å². The molecule has 0 fully saturated rings. The number of fused-ring (bicyclic) bond motifs is 1. The predicted octanol–water partition coefficient (Wildman–Crippen LogP) is 1.74. The van der Waals surface area contributed by atoms with Crippen LogP contribution >= 0.6 is 0 Å². The largest absolute Gasteiger partial charge is 0.507 e. The van der Waals surface area contributed by atoms with Crippen molar-refractivity contribution in [2.45, 2.75) is 13.0 Å². The molecule has 3 aromatic rings. The molecule has 0 radical (unpaired) electrons. The molecular formula is C20H18N4O4. The van der Waals surface area contributed by atoms with Crippen LogP contribution in [-0.4, -0.2) is 44.5 Å². The number of aromatic hydroxyl groups is 1. The van der Waals surface area contributed by atoms with Gasteiger partial charge < -0.3 is 19.7 Å². The average molecular weight is 378 g/mol. The van der Waals surface area contributed by atoms with Gasteiger partial charge in [-0.25, -0.2) is 4.98 Å². The lowest BCUT2D eigenvalue weighted by Crippen LogP contribution is -2.39. The summed E-state index contributed by atoms with van der Waals surface area (Å²) in [5.74, 6) is 0.436. The van der Waals surface area contributed by atoms with Gasteiger partial charge in [-0.2, -0.15) is 0 Å². The number of carbonyl (C=O) groups excluding carboxylic acids is 1. The van der Waals surface area contributed by atoms with Crippen molar-refractivity contribution in [3.8, 4) is 22.9 Å². The fourth-order valence-electron chi connectivity index (χ4n) is 3.25. The minimum Gasteiger partial charge on any atom is -0.507 e. The third-order valence-corrected chi connectivity index (χ3v) is 4.75. The second-order valence-corrected chi connectivity index (χ2v) is 6.44. The molecule has 0 bridgehead atoms. The van der Waals surface area contributed by atoms with Crippen LogP contribution in [0, 0.1) is 0 Å². The predicted molar refractivity (Wildman–Crippen MR) is 101 cm³/mol. The van der Waals surface area contributed by atoms with Crippen molar-refractivity contribution in [3.05, 3.63) is 69.9 Å². The molecule has 3 heterocycles. The number of rotatable bonds is 3. The van der Waals surface area contributed by atoms with Crippen molar-refractivity contribution in [1.29, 1.82) is 0 Å². The van der Waals surface area contributed by atoms with E-state index in [-0.39, 0.29) is 29.3 Å². The number of aromatic amines is 1. The fraction of sp³-hybridized carbons (Fsp3) is 0.200. The Morgan fingerprint density at radius 3 is 2.75 bits per heavy atom. The molecule has 2 N–H and O–H groups in total. The Hall–Kier alpha value is -3.68. The minimum atomic E-state index is -0.321. The molecular weight excluding hydrogens is 360 g/mol. The van der Waals surface area contributed by atoms with E-state index in [1.165, 1.54) is 19.2 Å². The fourth-order valence-corrected chi connectivity index (χ4v) is 3.25. The maximum atomic E-state index is 12.9. The normalized spacial score (nSPS) is 13.1. The quantitative estimate of drug-likeness (QED) is 0.719. The van der Waals surface area contributed by atoms with E-state index in [1.807, 2.05) is 0 Å². The Morgan fingerprint density at radius 2 is 2.04 bits per heavy atom. The standard InChI is InChI=1S/C20H18N4O4/c1-28-13-2-3-15(17(25)10-13)20(27)24-9-6-14-16(11-24)22-18(23-19(14)26)12-4-7-21-8-5-12/h2-5,7-8,10,25H,6,9,11H2,1H3,(H,22,23,26). The molecule has 1 amide bonds. The van der Waals surface area contributed by atoms with Crippen LogP contribution in [-0.2, 0) is 13.0 Å². The summed E-state index contributed by atoms with van der Waals surface area (Å²) >= 11 is 0. The molecule has 2 aromatic heterocycles. The number of benzene rings is 1. The summed E-state index contributed by atoms with van der Waals surface area (Å²) in [6.07, 6.45) is 3.64. The molecule has 0 saturated heterocycles. The molecule has 8 nitrogen and oxygen atoms in total. The van der Waals surface area contributed by atoms with Gasteiger partial charge in [0, 0.05) is 36.1 Å². The van der Waals surface area contributed by atoms with Crippen LogP contribution in [0.25, 0.3) is 11.4 Å². The lowest BCUT2D eigenvalue weighted by molar-refractivity contribution is 0.0728. The monoisotopic (exact) mass is 378 g/mol. The highest BCUT2D eigenvalue weighted by Crippen LogP contribution is 2.26. The van der Waals surface area contributed by atoms with Crippen LogP contribution in [0.5, 0.6) is 11.5 Å². The van der Waals surface area contributed by atoms with Gasteiger partial charge in [-0.05, 0) is 30.7 Å². The molecule has 0 spiro atoms. The summed E-state index contributed by atoms with van der Waals surface area (Å²) in [5.41, 5.74) is 1.87. The van der Waals surface area contributed by atoms with E-state index in [0.29, 0.717) is 35.8 Å². The van der Waals surface area contributed by atoms with Crippen molar-refractivity contribution >= 4 is 5.91 Å². The third kappa shape index (κ3) is 3.20. The van der Waals surface area contributed by atoms with Crippen LogP contribution in [0.15, 0.2) is 47.5 Å². The number of amides is 1. The Kier molecular flexibility index (Phi) is 4.52. The average Bonchev–Trinajstić information content (AvgIpc) is 2.73. The Bertz CT molecular complexity index is 1100. The number of phenolic OH excluding ortho intramolecular Hbond substituents is 1. The molecule has 1 aromatic carbocycles. The second kappa shape index (κ2) is 7.15. The highest BCUT2D eigenvalue weighted by molar-refractivity contribution is 5.97. The van der Waals surface area contributed by atoms with Crippen molar-refractivity contribution < 1.29 is 14.6 Å². The van der Waals surface area contributed by atoms with Gasteiger partial charge in [0.25, 0.3) is 11.5 Å². The Morgan fingerprint density at radius 1 is 1.25 bits per heavy atom. The molecule has 0 unspecified atom stereocenters. The van der Waals surface area contributed by atoms with Gasteiger partial charge in [0.05, 0.1) is 24.9 Å². The van der Waals surface area contributed by atoms with Crippen molar-refractivity contribution in [2.75, 3.05) is 13.7 Å².